The molecule has 2 fully saturated rings. The van der Waals surface area contributed by atoms with E-state index in [1.807, 2.05) is 23.8 Å². The van der Waals surface area contributed by atoms with E-state index in [4.69, 9.17) is 9.47 Å². The number of carbonyl (C=O) groups is 2. The quantitative estimate of drug-likeness (QED) is 0.411. The van der Waals surface area contributed by atoms with Crippen molar-refractivity contribution in [1.29, 1.82) is 0 Å². The largest absolute Gasteiger partial charge is 0.489 e. The molecule has 2 aliphatic rings. The zero-order valence-corrected chi connectivity index (χ0v) is 22.5. The van der Waals surface area contributed by atoms with E-state index in [0.29, 0.717) is 38.7 Å². The highest BCUT2D eigenvalue weighted by atomic mass is 35.5. The molecule has 0 radical (unpaired) electrons. The highest BCUT2D eigenvalue weighted by Crippen LogP contribution is 2.36. The van der Waals surface area contributed by atoms with Gasteiger partial charge in [0, 0.05) is 51.0 Å². The summed E-state index contributed by atoms with van der Waals surface area (Å²) >= 11 is 0. The van der Waals surface area contributed by atoms with Crippen LogP contribution < -0.4 is 19.1 Å². The number of rotatable bonds is 10. The molecule has 1 unspecified atom stereocenters. The Bertz CT molecular complexity index is 1120. The van der Waals surface area contributed by atoms with Crippen molar-refractivity contribution in [3.05, 3.63) is 42.1 Å². The van der Waals surface area contributed by atoms with Crippen LogP contribution in [0.3, 0.4) is 0 Å². The number of anilines is 1. The van der Waals surface area contributed by atoms with Gasteiger partial charge in [0.2, 0.25) is 5.88 Å². The monoisotopic (exact) mass is 554 g/mol. The number of nitrogens with zero attached hydrogens (tertiary/aromatic N) is 4. The smallest absolute Gasteiger partial charge is 0.387 e. The maximum Gasteiger partial charge on any atom is 0.387 e. The Morgan fingerprint density at radius 2 is 1.92 bits per heavy atom. The van der Waals surface area contributed by atoms with Crippen LogP contribution in [0.4, 0.5) is 14.5 Å². The van der Waals surface area contributed by atoms with Crippen molar-refractivity contribution in [2.45, 2.75) is 32.4 Å². The predicted molar refractivity (Wildman–Crippen MR) is 140 cm³/mol. The van der Waals surface area contributed by atoms with Gasteiger partial charge in [0.05, 0.1) is 6.61 Å². The van der Waals surface area contributed by atoms with Gasteiger partial charge in [-0.2, -0.15) is 8.78 Å². The summed E-state index contributed by atoms with van der Waals surface area (Å²) in [5.74, 6) is -0.0358. The molecule has 1 saturated heterocycles. The van der Waals surface area contributed by atoms with E-state index >= 15 is 0 Å². The third kappa shape index (κ3) is 7.44. The third-order valence-electron chi connectivity index (χ3n) is 6.57. The lowest BCUT2D eigenvalue weighted by molar-refractivity contribution is -0.140. The highest BCUT2D eigenvalue weighted by Gasteiger charge is 2.33. The number of pyridine rings is 1. The van der Waals surface area contributed by atoms with Crippen molar-refractivity contribution < 1.29 is 32.6 Å². The molecule has 1 saturated carbocycles. The number of benzene rings is 1. The minimum Gasteiger partial charge on any atom is -0.489 e. The average Bonchev–Trinajstić information content (AvgIpc) is 3.72. The summed E-state index contributed by atoms with van der Waals surface area (Å²) in [6.07, 6.45) is 2.13. The van der Waals surface area contributed by atoms with Crippen molar-refractivity contribution in [3.63, 3.8) is 0 Å². The highest BCUT2D eigenvalue weighted by molar-refractivity contribution is 5.92. The lowest BCUT2D eigenvalue weighted by Gasteiger charge is -2.39. The van der Waals surface area contributed by atoms with Crippen molar-refractivity contribution in [3.8, 4) is 17.4 Å². The molecule has 9 nitrogen and oxygen atoms in total. The molecular weight excluding hydrogens is 522 g/mol. The Labute approximate surface area is 227 Å². The van der Waals surface area contributed by atoms with Crippen LogP contribution in [-0.4, -0.2) is 86.2 Å². The number of ether oxygens (including phenoxy) is 3. The van der Waals surface area contributed by atoms with Gasteiger partial charge in [0.1, 0.15) is 11.7 Å². The van der Waals surface area contributed by atoms with Gasteiger partial charge in [-0.1, -0.05) is 6.07 Å². The summed E-state index contributed by atoms with van der Waals surface area (Å²) < 4.78 is 41.8. The van der Waals surface area contributed by atoms with Gasteiger partial charge >= 0.3 is 12.6 Å². The van der Waals surface area contributed by atoms with E-state index in [2.05, 4.69) is 9.72 Å². The van der Waals surface area contributed by atoms with E-state index < -0.39 is 18.6 Å². The summed E-state index contributed by atoms with van der Waals surface area (Å²) in [5, 5.41) is 0. The second kappa shape index (κ2) is 13.1. The summed E-state index contributed by atoms with van der Waals surface area (Å²) in [5.41, 5.74) is 0.921. The molecule has 0 spiro atoms. The van der Waals surface area contributed by atoms with Crippen LogP contribution in [0.25, 0.3) is 0 Å². The number of likely N-dealkylation sites (N-methyl/N-ethyl adjacent to an activating group) is 1. The van der Waals surface area contributed by atoms with E-state index in [0.717, 1.165) is 18.5 Å². The number of piperazine rings is 1. The zero-order chi connectivity index (χ0) is 26.5. The number of halogens is 3. The second-order valence-electron chi connectivity index (χ2n) is 9.31. The second-order valence-corrected chi connectivity index (χ2v) is 9.31. The van der Waals surface area contributed by atoms with Gasteiger partial charge in [0.15, 0.2) is 11.5 Å². The van der Waals surface area contributed by atoms with Gasteiger partial charge in [0.25, 0.3) is 5.91 Å². The number of hydrogen-bond donors (Lipinski definition) is 0. The van der Waals surface area contributed by atoms with Crippen molar-refractivity contribution >= 4 is 30.0 Å². The van der Waals surface area contributed by atoms with Crippen molar-refractivity contribution in [2.24, 2.45) is 5.92 Å². The Hall–Kier alpha value is -3.18. The summed E-state index contributed by atoms with van der Waals surface area (Å²) in [6, 6.07) is 8.94. The van der Waals surface area contributed by atoms with E-state index in [1.54, 1.807) is 31.3 Å². The van der Waals surface area contributed by atoms with Crippen molar-refractivity contribution in [2.75, 3.05) is 51.8 Å². The number of esters is 1. The molecule has 2 aromatic rings. The number of alkyl halides is 2. The fourth-order valence-corrected chi connectivity index (χ4v) is 3.96. The van der Waals surface area contributed by atoms with Crippen LogP contribution in [0, 0.1) is 5.92 Å². The molecule has 38 heavy (non-hydrogen) atoms. The summed E-state index contributed by atoms with van der Waals surface area (Å²) in [6.45, 7) is 1.36. The molecule has 1 atom stereocenters. The van der Waals surface area contributed by atoms with Gasteiger partial charge in [-0.15, -0.1) is 12.4 Å². The third-order valence-corrected chi connectivity index (χ3v) is 6.57. The SMILES string of the molecule is CCN(C)C(=O)c1cccc(OC(=O)C2CN(c3ccc(OC(F)F)c(OCC4CC4)c3)CCN2C)n1.Cl. The van der Waals surface area contributed by atoms with E-state index in [9.17, 15) is 18.4 Å². The maximum atomic E-state index is 13.1. The Morgan fingerprint density at radius 1 is 1.16 bits per heavy atom. The van der Waals surface area contributed by atoms with Gasteiger partial charge in [-0.25, -0.2) is 9.78 Å². The molecule has 1 aromatic carbocycles. The first-order chi connectivity index (χ1) is 17.7. The lowest BCUT2D eigenvalue weighted by Crippen LogP contribution is -2.56. The minimum absolute atomic E-state index is 0. The standard InChI is InChI=1S/C26H32F2N4O5.ClH/c1-4-30(2)24(33)19-6-5-7-23(29-19)37-25(34)20-15-32(13-12-31(20)3)18-10-11-21(36-26(27)28)22(14-18)35-16-17-8-9-17;/h5-7,10-11,14,17,20,26H,4,8-9,12-13,15-16H2,1-3H3;1H. The zero-order valence-electron chi connectivity index (χ0n) is 21.6. The number of aromatic nitrogens is 1. The molecule has 0 bridgehead atoms. The number of amides is 1. The van der Waals surface area contributed by atoms with Crippen molar-refractivity contribution in [1.82, 2.24) is 14.8 Å². The molecule has 2 heterocycles. The number of hydrogen-bond acceptors (Lipinski definition) is 8. The molecule has 1 aliphatic carbocycles. The normalized spacial score (nSPS) is 17.5. The molecule has 208 valence electrons. The fraction of sp³-hybridized carbons (Fsp3) is 0.500. The van der Waals surface area contributed by atoms with Crippen LogP contribution in [-0.2, 0) is 4.79 Å². The maximum absolute atomic E-state index is 13.1. The molecular formula is C26H33ClF2N4O5. The topological polar surface area (TPSA) is 84.4 Å². The lowest BCUT2D eigenvalue weighted by atomic mass is 10.1. The molecule has 1 aliphatic heterocycles. The van der Waals surface area contributed by atoms with Gasteiger partial charge in [-0.05, 0) is 50.9 Å². The summed E-state index contributed by atoms with van der Waals surface area (Å²) in [4.78, 5) is 35.1. The van der Waals surface area contributed by atoms with Crippen LogP contribution in [0.5, 0.6) is 17.4 Å². The van der Waals surface area contributed by atoms with Crippen LogP contribution in [0.2, 0.25) is 0 Å². The Morgan fingerprint density at radius 3 is 2.61 bits per heavy atom. The fourth-order valence-electron chi connectivity index (χ4n) is 3.96. The molecule has 1 aromatic heterocycles. The van der Waals surface area contributed by atoms with Crippen LogP contribution in [0.1, 0.15) is 30.3 Å². The molecule has 4 rings (SSSR count). The molecule has 12 heteroatoms. The first-order valence-corrected chi connectivity index (χ1v) is 12.4. The minimum atomic E-state index is -2.96. The molecule has 0 N–H and O–H groups in total. The van der Waals surface area contributed by atoms with Gasteiger partial charge < -0.3 is 24.0 Å². The predicted octanol–water partition coefficient (Wildman–Crippen LogP) is 3.71. The van der Waals surface area contributed by atoms with Gasteiger partial charge in [-0.3, -0.25) is 9.69 Å². The van der Waals surface area contributed by atoms with Crippen LogP contribution >= 0.6 is 12.4 Å². The van der Waals surface area contributed by atoms with E-state index in [1.165, 1.54) is 17.0 Å². The average molecular weight is 555 g/mol. The number of carbonyl (C=O) groups excluding carboxylic acids is 2. The Kier molecular flexibility index (Phi) is 10.1. The molecule has 1 amide bonds. The van der Waals surface area contributed by atoms with Crippen LogP contribution in [0.15, 0.2) is 36.4 Å². The van der Waals surface area contributed by atoms with E-state index in [-0.39, 0.29) is 41.4 Å². The Balaban J connectivity index is 0.00000400. The first kappa shape index (κ1) is 29.4. The first-order valence-electron chi connectivity index (χ1n) is 12.4. The summed E-state index contributed by atoms with van der Waals surface area (Å²) in [7, 11) is 3.50.